The smallest absolute Gasteiger partial charge is 0.0594 e. The van der Waals surface area contributed by atoms with Gasteiger partial charge in [0, 0.05) is 44.5 Å². The standard InChI is InChI=1S/C12H22N2OS/c16-10-2-1-4-13-5-3-12(11-13)14-6-8-15-9-7-14/h1-2,12,16H,3-11H2. The topological polar surface area (TPSA) is 15.7 Å². The van der Waals surface area contributed by atoms with E-state index in [9.17, 15) is 0 Å². The van der Waals surface area contributed by atoms with Crippen molar-refractivity contribution in [3.8, 4) is 0 Å². The molecule has 0 saturated carbocycles. The molecule has 3 nitrogen and oxygen atoms in total. The lowest BCUT2D eigenvalue weighted by molar-refractivity contribution is 0.0187. The number of morpholine rings is 1. The SMILES string of the molecule is SCC=CCN1CCC(N2CCOCC2)C1. The first-order valence-corrected chi connectivity index (χ1v) is 6.83. The fourth-order valence-corrected chi connectivity index (χ4v) is 2.67. The number of hydrogen-bond acceptors (Lipinski definition) is 4. The maximum atomic E-state index is 5.39. The number of rotatable bonds is 4. The minimum absolute atomic E-state index is 0.758. The van der Waals surface area contributed by atoms with E-state index in [1.807, 2.05) is 0 Å². The summed E-state index contributed by atoms with van der Waals surface area (Å²) in [6.45, 7) is 7.60. The summed E-state index contributed by atoms with van der Waals surface area (Å²) >= 11 is 4.17. The molecule has 0 amide bonds. The summed E-state index contributed by atoms with van der Waals surface area (Å²) in [7, 11) is 0. The summed E-state index contributed by atoms with van der Waals surface area (Å²) in [5.41, 5.74) is 0. The molecule has 4 heteroatoms. The fourth-order valence-electron chi connectivity index (χ4n) is 2.52. The zero-order valence-corrected chi connectivity index (χ0v) is 10.7. The van der Waals surface area contributed by atoms with Crippen LogP contribution >= 0.6 is 12.6 Å². The van der Waals surface area contributed by atoms with Gasteiger partial charge < -0.3 is 4.74 Å². The Labute approximate surface area is 104 Å². The Balaban J connectivity index is 1.72. The van der Waals surface area contributed by atoms with Gasteiger partial charge in [-0.25, -0.2) is 0 Å². The molecule has 2 saturated heterocycles. The first-order chi connectivity index (χ1) is 7.90. The van der Waals surface area contributed by atoms with E-state index in [-0.39, 0.29) is 0 Å². The summed E-state index contributed by atoms with van der Waals surface area (Å²) in [4.78, 5) is 5.12. The van der Waals surface area contributed by atoms with Crippen LogP contribution in [0, 0.1) is 0 Å². The van der Waals surface area contributed by atoms with E-state index in [1.165, 1.54) is 19.5 Å². The monoisotopic (exact) mass is 242 g/mol. The van der Waals surface area contributed by atoms with Gasteiger partial charge in [0.05, 0.1) is 13.2 Å². The molecule has 92 valence electrons. The lowest BCUT2D eigenvalue weighted by Gasteiger charge is -2.32. The third-order valence-electron chi connectivity index (χ3n) is 3.45. The molecule has 0 aromatic carbocycles. The Bertz CT molecular complexity index is 229. The van der Waals surface area contributed by atoms with Gasteiger partial charge in [-0.05, 0) is 6.42 Å². The first-order valence-electron chi connectivity index (χ1n) is 6.20. The van der Waals surface area contributed by atoms with Crippen molar-refractivity contribution in [2.75, 3.05) is 51.7 Å². The van der Waals surface area contributed by atoms with E-state index in [4.69, 9.17) is 4.74 Å². The van der Waals surface area contributed by atoms with Crippen molar-refractivity contribution in [1.29, 1.82) is 0 Å². The highest BCUT2D eigenvalue weighted by molar-refractivity contribution is 7.80. The van der Waals surface area contributed by atoms with Gasteiger partial charge in [-0.3, -0.25) is 9.80 Å². The van der Waals surface area contributed by atoms with Crippen molar-refractivity contribution >= 4 is 12.6 Å². The van der Waals surface area contributed by atoms with Gasteiger partial charge in [0.25, 0.3) is 0 Å². The average molecular weight is 242 g/mol. The molecule has 0 bridgehead atoms. The second-order valence-electron chi connectivity index (χ2n) is 4.50. The molecule has 0 radical (unpaired) electrons. The Morgan fingerprint density at radius 2 is 2.00 bits per heavy atom. The highest BCUT2D eigenvalue weighted by Crippen LogP contribution is 2.16. The first kappa shape index (κ1) is 12.4. The lowest BCUT2D eigenvalue weighted by atomic mass is 10.2. The quantitative estimate of drug-likeness (QED) is 0.582. The van der Waals surface area contributed by atoms with Crippen LogP contribution in [0.2, 0.25) is 0 Å². The van der Waals surface area contributed by atoms with Crippen molar-refractivity contribution in [1.82, 2.24) is 9.80 Å². The van der Waals surface area contributed by atoms with Crippen LogP contribution in [-0.4, -0.2) is 67.5 Å². The third kappa shape index (κ3) is 3.48. The van der Waals surface area contributed by atoms with E-state index >= 15 is 0 Å². The zero-order valence-electron chi connectivity index (χ0n) is 9.85. The van der Waals surface area contributed by atoms with E-state index in [0.29, 0.717) is 0 Å². The van der Waals surface area contributed by atoms with E-state index in [2.05, 4.69) is 34.6 Å². The number of nitrogens with zero attached hydrogens (tertiary/aromatic N) is 2. The van der Waals surface area contributed by atoms with Gasteiger partial charge in [-0.2, -0.15) is 12.6 Å². The highest BCUT2D eigenvalue weighted by Gasteiger charge is 2.27. The largest absolute Gasteiger partial charge is 0.379 e. The molecule has 2 rings (SSSR count). The van der Waals surface area contributed by atoms with Gasteiger partial charge >= 0.3 is 0 Å². The number of hydrogen-bond donors (Lipinski definition) is 1. The summed E-state index contributed by atoms with van der Waals surface area (Å²) in [6.07, 6.45) is 5.68. The molecule has 16 heavy (non-hydrogen) atoms. The maximum Gasteiger partial charge on any atom is 0.0594 e. The average Bonchev–Trinajstić information content (AvgIpc) is 2.79. The van der Waals surface area contributed by atoms with Crippen LogP contribution in [0.3, 0.4) is 0 Å². The molecule has 0 aliphatic carbocycles. The van der Waals surface area contributed by atoms with E-state index in [1.54, 1.807) is 0 Å². The molecule has 0 N–H and O–H groups in total. The number of thiol groups is 1. The lowest BCUT2D eigenvalue weighted by Crippen LogP contribution is -2.44. The highest BCUT2D eigenvalue weighted by atomic mass is 32.1. The maximum absolute atomic E-state index is 5.39. The van der Waals surface area contributed by atoms with Crippen LogP contribution in [0.5, 0.6) is 0 Å². The van der Waals surface area contributed by atoms with Crippen LogP contribution in [0.4, 0.5) is 0 Å². The second-order valence-corrected chi connectivity index (χ2v) is 4.87. The van der Waals surface area contributed by atoms with E-state index in [0.717, 1.165) is 44.6 Å². The predicted molar refractivity (Wildman–Crippen MR) is 70.2 cm³/mol. The molecule has 2 aliphatic rings. The van der Waals surface area contributed by atoms with Crippen LogP contribution in [0.1, 0.15) is 6.42 Å². The molecule has 0 aromatic rings. The second kappa shape index (κ2) is 6.64. The molecule has 1 atom stereocenters. The van der Waals surface area contributed by atoms with Crippen molar-refractivity contribution in [3.05, 3.63) is 12.2 Å². The summed E-state index contributed by atoms with van der Waals surface area (Å²) in [5, 5.41) is 0. The van der Waals surface area contributed by atoms with Crippen LogP contribution in [-0.2, 0) is 4.74 Å². The van der Waals surface area contributed by atoms with E-state index < -0.39 is 0 Å². The Hall–Kier alpha value is -0.0300. The molecule has 0 spiro atoms. The molecule has 2 heterocycles. The minimum atomic E-state index is 0.758. The van der Waals surface area contributed by atoms with Crippen LogP contribution in [0.15, 0.2) is 12.2 Å². The fraction of sp³-hybridized carbons (Fsp3) is 0.833. The Kier molecular flexibility index (Phi) is 5.16. The van der Waals surface area contributed by atoms with Crippen LogP contribution < -0.4 is 0 Å². The molecular weight excluding hydrogens is 220 g/mol. The number of likely N-dealkylation sites (tertiary alicyclic amines) is 1. The molecule has 1 unspecified atom stereocenters. The normalized spacial score (nSPS) is 29.2. The molecule has 2 fully saturated rings. The summed E-state index contributed by atoms with van der Waals surface area (Å²) in [6, 6.07) is 0.758. The van der Waals surface area contributed by atoms with Gasteiger partial charge in [0.1, 0.15) is 0 Å². The van der Waals surface area contributed by atoms with Crippen molar-refractivity contribution in [3.63, 3.8) is 0 Å². The van der Waals surface area contributed by atoms with Gasteiger partial charge in [-0.15, -0.1) is 0 Å². The van der Waals surface area contributed by atoms with Crippen molar-refractivity contribution < 1.29 is 4.74 Å². The zero-order chi connectivity index (χ0) is 11.2. The minimum Gasteiger partial charge on any atom is -0.379 e. The van der Waals surface area contributed by atoms with Gasteiger partial charge in [0.15, 0.2) is 0 Å². The van der Waals surface area contributed by atoms with Gasteiger partial charge in [-0.1, -0.05) is 12.2 Å². The predicted octanol–water partition coefficient (Wildman–Crippen LogP) is 0.879. The third-order valence-corrected chi connectivity index (χ3v) is 3.66. The van der Waals surface area contributed by atoms with Gasteiger partial charge in [0.2, 0.25) is 0 Å². The van der Waals surface area contributed by atoms with Crippen LogP contribution in [0.25, 0.3) is 0 Å². The Morgan fingerprint density at radius 1 is 1.19 bits per heavy atom. The molecular formula is C12H22N2OS. The Morgan fingerprint density at radius 3 is 2.75 bits per heavy atom. The summed E-state index contributed by atoms with van der Waals surface area (Å²) < 4.78 is 5.39. The molecule has 2 aliphatic heterocycles. The van der Waals surface area contributed by atoms with Crippen molar-refractivity contribution in [2.24, 2.45) is 0 Å². The molecule has 0 aromatic heterocycles. The number of ether oxygens (including phenoxy) is 1. The van der Waals surface area contributed by atoms with Crippen molar-refractivity contribution in [2.45, 2.75) is 12.5 Å². The summed E-state index contributed by atoms with van der Waals surface area (Å²) in [5.74, 6) is 0.848.